The molecular formula is C21H24FN3O4S. The maximum atomic E-state index is 13.7. The third-order valence-electron chi connectivity index (χ3n) is 4.96. The first kappa shape index (κ1) is 21.8. The number of nitrogens with zero attached hydrogens (tertiary/aromatic N) is 2. The summed E-state index contributed by atoms with van der Waals surface area (Å²) < 4.78 is 39.2. The number of hydrogen-bond acceptors (Lipinski definition) is 4. The minimum Gasteiger partial charge on any atom is -0.339 e. The molecule has 30 heavy (non-hydrogen) atoms. The van der Waals surface area contributed by atoms with E-state index in [1.807, 2.05) is 0 Å². The molecule has 1 N–H and O–H groups in total. The normalized spacial score (nSPS) is 15.0. The van der Waals surface area contributed by atoms with Gasteiger partial charge < -0.3 is 10.2 Å². The quantitative estimate of drug-likeness (QED) is 0.759. The fourth-order valence-electron chi connectivity index (χ4n) is 3.53. The number of hydrogen-bond donors (Lipinski definition) is 1. The molecule has 0 spiro atoms. The third kappa shape index (κ3) is 4.79. The predicted molar refractivity (Wildman–Crippen MR) is 113 cm³/mol. The van der Waals surface area contributed by atoms with Crippen molar-refractivity contribution in [3.8, 4) is 0 Å². The highest BCUT2D eigenvalue weighted by molar-refractivity contribution is 7.92. The average molecular weight is 434 g/mol. The molecule has 0 aromatic heterocycles. The van der Waals surface area contributed by atoms with Crippen molar-refractivity contribution in [1.29, 1.82) is 0 Å². The van der Waals surface area contributed by atoms with Crippen molar-refractivity contribution in [2.45, 2.75) is 25.8 Å². The SMILES string of the molecule is C[C@H](C(=O)Nc1ccccc1C(=O)N1CCCC1)N(c1cccc(F)c1)S(C)(=O)=O. The maximum absolute atomic E-state index is 13.7. The molecule has 0 aliphatic carbocycles. The van der Waals surface area contributed by atoms with Crippen LogP contribution in [0.15, 0.2) is 48.5 Å². The molecule has 1 atom stereocenters. The van der Waals surface area contributed by atoms with Crippen molar-refractivity contribution < 1.29 is 22.4 Å². The van der Waals surface area contributed by atoms with Gasteiger partial charge in [-0.3, -0.25) is 13.9 Å². The summed E-state index contributed by atoms with van der Waals surface area (Å²) >= 11 is 0. The molecule has 1 fully saturated rings. The Kier molecular flexibility index (Phi) is 6.40. The second kappa shape index (κ2) is 8.83. The van der Waals surface area contributed by atoms with Crippen molar-refractivity contribution in [3.05, 3.63) is 59.9 Å². The van der Waals surface area contributed by atoms with E-state index in [-0.39, 0.29) is 11.6 Å². The number of nitrogens with one attached hydrogen (secondary N) is 1. The van der Waals surface area contributed by atoms with Crippen LogP contribution >= 0.6 is 0 Å². The lowest BCUT2D eigenvalue weighted by Gasteiger charge is -2.28. The molecule has 0 unspecified atom stereocenters. The number of sulfonamides is 1. The molecule has 9 heteroatoms. The van der Waals surface area contributed by atoms with Crippen LogP contribution in [0.2, 0.25) is 0 Å². The fourth-order valence-corrected chi connectivity index (χ4v) is 4.70. The molecule has 1 heterocycles. The molecule has 3 rings (SSSR count). The van der Waals surface area contributed by atoms with Crippen molar-refractivity contribution in [3.63, 3.8) is 0 Å². The summed E-state index contributed by atoms with van der Waals surface area (Å²) in [6.07, 6.45) is 2.83. The van der Waals surface area contributed by atoms with Gasteiger partial charge in [-0.05, 0) is 50.1 Å². The Balaban J connectivity index is 1.87. The van der Waals surface area contributed by atoms with E-state index in [2.05, 4.69) is 5.32 Å². The monoisotopic (exact) mass is 433 g/mol. The van der Waals surface area contributed by atoms with Crippen LogP contribution in [-0.4, -0.2) is 50.5 Å². The number of anilines is 2. The Morgan fingerprint density at radius 3 is 2.40 bits per heavy atom. The van der Waals surface area contributed by atoms with Gasteiger partial charge in [0.2, 0.25) is 15.9 Å². The summed E-state index contributed by atoms with van der Waals surface area (Å²) in [5.74, 6) is -1.43. The molecule has 1 saturated heterocycles. The summed E-state index contributed by atoms with van der Waals surface area (Å²) in [6.45, 7) is 2.74. The van der Waals surface area contributed by atoms with Crippen molar-refractivity contribution in [1.82, 2.24) is 4.90 Å². The van der Waals surface area contributed by atoms with Gasteiger partial charge in [0, 0.05) is 13.1 Å². The first-order valence-corrected chi connectivity index (χ1v) is 11.5. The molecule has 2 amide bonds. The average Bonchev–Trinajstić information content (AvgIpc) is 3.21. The molecule has 0 radical (unpaired) electrons. The summed E-state index contributed by atoms with van der Waals surface area (Å²) in [4.78, 5) is 27.4. The van der Waals surface area contributed by atoms with Crippen LogP contribution < -0.4 is 9.62 Å². The maximum Gasteiger partial charge on any atom is 0.255 e. The number of likely N-dealkylation sites (tertiary alicyclic amines) is 1. The van der Waals surface area contributed by atoms with Crippen LogP contribution in [0.3, 0.4) is 0 Å². The molecule has 0 bridgehead atoms. The Morgan fingerprint density at radius 1 is 1.10 bits per heavy atom. The van der Waals surface area contributed by atoms with Crippen LogP contribution in [0, 0.1) is 5.82 Å². The standard InChI is InChI=1S/C21H24FN3O4S/c1-15(25(30(2,28)29)17-9-7-8-16(22)14-17)20(26)23-19-11-4-3-10-18(19)21(27)24-12-5-6-13-24/h3-4,7-11,14-15H,5-6,12-13H2,1-2H3,(H,23,26)/t15-/m1/s1. The lowest BCUT2D eigenvalue weighted by molar-refractivity contribution is -0.116. The van der Waals surface area contributed by atoms with Gasteiger partial charge in [0.1, 0.15) is 11.9 Å². The summed E-state index contributed by atoms with van der Waals surface area (Å²) in [5, 5.41) is 2.67. The molecule has 160 valence electrons. The van der Waals surface area contributed by atoms with Crippen LogP contribution in [0.25, 0.3) is 0 Å². The Labute approximate surface area is 175 Å². The number of rotatable bonds is 6. The van der Waals surface area contributed by atoms with Gasteiger partial charge in [-0.15, -0.1) is 0 Å². The van der Waals surface area contributed by atoms with Gasteiger partial charge in [-0.25, -0.2) is 12.8 Å². The minimum absolute atomic E-state index is 0.0431. The van der Waals surface area contributed by atoms with Gasteiger partial charge in [-0.2, -0.15) is 0 Å². The van der Waals surface area contributed by atoms with E-state index >= 15 is 0 Å². The number of benzene rings is 2. The van der Waals surface area contributed by atoms with E-state index in [1.165, 1.54) is 25.1 Å². The van der Waals surface area contributed by atoms with Gasteiger partial charge >= 0.3 is 0 Å². The fraction of sp³-hybridized carbons (Fsp3) is 0.333. The Hall–Kier alpha value is -2.94. The summed E-state index contributed by atoms with van der Waals surface area (Å²) in [6, 6.07) is 10.5. The van der Waals surface area contributed by atoms with Gasteiger partial charge in [0.05, 0.1) is 23.2 Å². The van der Waals surface area contributed by atoms with E-state index in [9.17, 15) is 22.4 Å². The zero-order valence-electron chi connectivity index (χ0n) is 16.8. The zero-order valence-corrected chi connectivity index (χ0v) is 17.7. The summed E-state index contributed by atoms with van der Waals surface area (Å²) in [7, 11) is -3.88. The molecule has 0 saturated carbocycles. The first-order chi connectivity index (χ1) is 14.2. The first-order valence-electron chi connectivity index (χ1n) is 9.62. The van der Waals surface area contributed by atoms with Crippen LogP contribution in [0.4, 0.5) is 15.8 Å². The highest BCUT2D eigenvalue weighted by atomic mass is 32.2. The van der Waals surface area contributed by atoms with Crippen molar-refractivity contribution in [2.75, 3.05) is 29.0 Å². The zero-order chi connectivity index (χ0) is 21.9. The molecular weight excluding hydrogens is 409 g/mol. The molecule has 1 aliphatic rings. The van der Waals surface area contributed by atoms with E-state index in [1.54, 1.807) is 29.2 Å². The summed E-state index contributed by atoms with van der Waals surface area (Å²) in [5.41, 5.74) is 0.692. The van der Waals surface area contributed by atoms with Gasteiger partial charge in [-0.1, -0.05) is 18.2 Å². The second-order valence-electron chi connectivity index (χ2n) is 7.25. The highest BCUT2D eigenvalue weighted by Crippen LogP contribution is 2.24. The number of halogens is 1. The molecule has 2 aromatic rings. The largest absolute Gasteiger partial charge is 0.339 e. The predicted octanol–water partition coefficient (Wildman–Crippen LogP) is 2.85. The van der Waals surface area contributed by atoms with Crippen molar-refractivity contribution >= 4 is 33.2 Å². The molecule has 1 aliphatic heterocycles. The van der Waals surface area contributed by atoms with Crippen LogP contribution in [0.1, 0.15) is 30.1 Å². The highest BCUT2D eigenvalue weighted by Gasteiger charge is 2.30. The van der Waals surface area contributed by atoms with Gasteiger partial charge in [0.15, 0.2) is 0 Å². The third-order valence-corrected chi connectivity index (χ3v) is 6.20. The Morgan fingerprint density at radius 2 is 1.77 bits per heavy atom. The van der Waals surface area contributed by atoms with E-state index in [0.717, 1.165) is 29.5 Å². The number of carbonyl (C=O) groups excluding carboxylic acids is 2. The molecule has 7 nitrogen and oxygen atoms in total. The van der Waals surface area contributed by atoms with Gasteiger partial charge in [0.25, 0.3) is 5.91 Å². The lowest BCUT2D eigenvalue weighted by Crippen LogP contribution is -2.45. The van der Waals surface area contributed by atoms with Crippen LogP contribution in [0.5, 0.6) is 0 Å². The van der Waals surface area contributed by atoms with E-state index in [0.29, 0.717) is 24.3 Å². The Bertz CT molecular complexity index is 1050. The van der Waals surface area contributed by atoms with E-state index < -0.39 is 27.8 Å². The van der Waals surface area contributed by atoms with E-state index in [4.69, 9.17) is 0 Å². The molecule has 2 aromatic carbocycles. The second-order valence-corrected chi connectivity index (χ2v) is 9.11. The van der Waals surface area contributed by atoms with Crippen molar-refractivity contribution in [2.24, 2.45) is 0 Å². The topological polar surface area (TPSA) is 86.8 Å². The minimum atomic E-state index is -3.88. The number of amides is 2. The smallest absolute Gasteiger partial charge is 0.255 e. The lowest BCUT2D eigenvalue weighted by atomic mass is 10.1. The number of carbonyl (C=O) groups is 2. The number of para-hydroxylation sites is 1. The van der Waals surface area contributed by atoms with Crippen LogP contribution in [-0.2, 0) is 14.8 Å².